The highest BCUT2D eigenvalue weighted by Crippen LogP contribution is 2.17. The monoisotopic (exact) mass is 316 g/mol. The Labute approximate surface area is 138 Å². The Morgan fingerprint density at radius 1 is 1.04 bits per heavy atom. The van der Waals surface area contributed by atoms with E-state index in [2.05, 4.69) is 26.3 Å². The minimum Gasteiger partial charge on any atom is -0.361 e. The van der Waals surface area contributed by atoms with E-state index in [1.54, 1.807) is 0 Å². The zero-order valence-electron chi connectivity index (χ0n) is 13.0. The third kappa shape index (κ3) is 2.72. The molecule has 2 aromatic heterocycles. The van der Waals surface area contributed by atoms with Crippen LogP contribution in [-0.4, -0.2) is 27.4 Å². The van der Waals surface area contributed by atoms with Crippen LogP contribution in [0.4, 0.5) is 0 Å². The van der Waals surface area contributed by atoms with Gasteiger partial charge in [-0.1, -0.05) is 30.3 Å². The van der Waals surface area contributed by atoms with Gasteiger partial charge in [0.1, 0.15) is 5.69 Å². The average molecular weight is 316 g/mol. The Kier molecular flexibility index (Phi) is 3.67. The van der Waals surface area contributed by atoms with Crippen LogP contribution in [0.15, 0.2) is 60.9 Å². The third-order valence-corrected chi connectivity index (χ3v) is 4.04. The van der Waals surface area contributed by atoms with Gasteiger partial charge in [-0.25, -0.2) is 4.98 Å². The summed E-state index contributed by atoms with van der Waals surface area (Å²) in [6.45, 7) is 0.551. The van der Waals surface area contributed by atoms with Crippen LogP contribution in [0.25, 0.3) is 21.9 Å². The van der Waals surface area contributed by atoms with Gasteiger partial charge in [-0.3, -0.25) is 9.78 Å². The minimum atomic E-state index is -0.201. The van der Waals surface area contributed by atoms with Gasteiger partial charge in [-0.05, 0) is 30.2 Å². The van der Waals surface area contributed by atoms with E-state index >= 15 is 0 Å². The quantitative estimate of drug-likeness (QED) is 0.608. The topological polar surface area (TPSA) is 70.7 Å². The van der Waals surface area contributed by atoms with Crippen LogP contribution >= 0.6 is 0 Å². The van der Waals surface area contributed by atoms with Crippen LogP contribution in [0.5, 0.6) is 0 Å². The van der Waals surface area contributed by atoms with Gasteiger partial charge in [0.25, 0.3) is 5.91 Å². The summed E-state index contributed by atoms with van der Waals surface area (Å²) in [6.07, 6.45) is 4.27. The van der Waals surface area contributed by atoms with E-state index in [-0.39, 0.29) is 5.91 Å². The molecule has 0 atom stereocenters. The molecule has 0 radical (unpaired) electrons. The molecule has 118 valence electrons. The van der Waals surface area contributed by atoms with Crippen LogP contribution in [-0.2, 0) is 6.42 Å². The number of hydrogen-bond donors (Lipinski definition) is 2. The van der Waals surface area contributed by atoms with Gasteiger partial charge in [-0.15, -0.1) is 0 Å². The van der Waals surface area contributed by atoms with Gasteiger partial charge in [0, 0.05) is 23.6 Å². The zero-order valence-corrected chi connectivity index (χ0v) is 13.0. The molecule has 4 rings (SSSR count). The van der Waals surface area contributed by atoms with Crippen LogP contribution in [0.3, 0.4) is 0 Å². The molecular weight excluding hydrogens is 300 g/mol. The molecule has 0 spiro atoms. The van der Waals surface area contributed by atoms with Crippen molar-refractivity contribution in [3.05, 3.63) is 72.2 Å². The number of hydrogen-bond acceptors (Lipinski definition) is 3. The lowest BCUT2D eigenvalue weighted by atomic mass is 10.1. The molecule has 0 saturated carbocycles. The molecule has 5 heteroatoms. The first-order valence-electron chi connectivity index (χ1n) is 7.86. The lowest BCUT2D eigenvalue weighted by Gasteiger charge is -2.05. The number of carbonyl (C=O) groups excluding carboxylic acids is 1. The molecule has 0 fully saturated rings. The molecule has 5 nitrogen and oxygen atoms in total. The molecule has 2 heterocycles. The number of rotatable bonds is 4. The molecule has 0 bridgehead atoms. The predicted octanol–water partition coefficient (Wildman–Crippen LogP) is 3.08. The molecule has 24 heavy (non-hydrogen) atoms. The number of amides is 1. The summed E-state index contributed by atoms with van der Waals surface area (Å²) in [6, 6.07) is 15.7. The van der Waals surface area contributed by atoms with Crippen molar-refractivity contribution in [3.8, 4) is 0 Å². The number of para-hydroxylation sites is 3. The summed E-state index contributed by atoms with van der Waals surface area (Å²) in [5, 5.41) is 4.10. The second-order valence-corrected chi connectivity index (χ2v) is 5.61. The van der Waals surface area contributed by atoms with Crippen molar-refractivity contribution in [1.82, 2.24) is 20.3 Å². The number of nitrogens with one attached hydrogen (secondary N) is 2. The fourth-order valence-electron chi connectivity index (χ4n) is 2.81. The van der Waals surface area contributed by atoms with Crippen molar-refractivity contribution in [2.45, 2.75) is 6.42 Å². The van der Waals surface area contributed by atoms with E-state index < -0.39 is 0 Å². The van der Waals surface area contributed by atoms with Crippen LogP contribution in [0.2, 0.25) is 0 Å². The molecule has 0 saturated heterocycles. The van der Waals surface area contributed by atoms with E-state index in [1.165, 1.54) is 17.1 Å². The number of H-pyrrole nitrogens is 1. The van der Waals surface area contributed by atoms with E-state index in [0.717, 1.165) is 23.0 Å². The third-order valence-electron chi connectivity index (χ3n) is 4.04. The average Bonchev–Trinajstić information content (AvgIpc) is 3.04. The summed E-state index contributed by atoms with van der Waals surface area (Å²) >= 11 is 0. The number of fused-ring (bicyclic) bond motifs is 2. The second-order valence-electron chi connectivity index (χ2n) is 5.61. The molecule has 0 aliphatic carbocycles. The second kappa shape index (κ2) is 6.12. The first-order valence-corrected chi connectivity index (χ1v) is 7.86. The van der Waals surface area contributed by atoms with Gasteiger partial charge in [0.05, 0.1) is 17.2 Å². The van der Waals surface area contributed by atoms with Crippen molar-refractivity contribution in [2.24, 2.45) is 0 Å². The van der Waals surface area contributed by atoms with Gasteiger partial charge in [-0.2, -0.15) is 0 Å². The fourth-order valence-corrected chi connectivity index (χ4v) is 2.81. The van der Waals surface area contributed by atoms with Crippen molar-refractivity contribution < 1.29 is 4.79 Å². The van der Waals surface area contributed by atoms with Crippen LogP contribution < -0.4 is 5.32 Å². The van der Waals surface area contributed by atoms with E-state index in [9.17, 15) is 4.79 Å². The van der Waals surface area contributed by atoms with Gasteiger partial charge >= 0.3 is 0 Å². The van der Waals surface area contributed by atoms with Gasteiger partial charge in [0.2, 0.25) is 0 Å². The van der Waals surface area contributed by atoms with Gasteiger partial charge < -0.3 is 10.3 Å². The SMILES string of the molecule is O=C(NCCc1c[nH]c2ccccc12)c1cnc2ccccc2n1. The summed E-state index contributed by atoms with van der Waals surface area (Å²) in [5.41, 5.74) is 4.15. The normalized spacial score (nSPS) is 11.0. The molecule has 2 N–H and O–H groups in total. The van der Waals surface area contributed by atoms with Crippen LogP contribution in [0, 0.1) is 0 Å². The minimum absolute atomic E-state index is 0.201. The summed E-state index contributed by atoms with van der Waals surface area (Å²) < 4.78 is 0. The Hall–Kier alpha value is -3.21. The smallest absolute Gasteiger partial charge is 0.271 e. The van der Waals surface area contributed by atoms with E-state index in [1.807, 2.05) is 48.7 Å². The Balaban J connectivity index is 1.44. The summed E-state index contributed by atoms with van der Waals surface area (Å²) in [5.74, 6) is -0.201. The van der Waals surface area contributed by atoms with Crippen molar-refractivity contribution in [1.29, 1.82) is 0 Å². The van der Waals surface area contributed by atoms with E-state index in [4.69, 9.17) is 0 Å². The molecule has 1 amide bonds. The number of aromatic amines is 1. The summed E-state index contributed by atoms with van der Waals surface area (Å²) in [4.78, 5) is 24.1. The van der Waals surface area contributed by atoms with Crippen molar-refractivity contribution >= 4 is 27.8 Å². The molecular formula is C19H16N4O. The molecule has 0 unspecified atom stereocenters. The number of nitrogens with zero attached hydrogens (tertiary/aromatic N) is 2. The maximum absolute atomic E-state index is 12.3. The summed E-state index contributed by atoms with van der Waals surface area (Å²) in [7, 11) is 0. The maximum Gasteiger partial charge on any atom is 0.271 e. The highest BCUT2D eigenvalue weighted by molar-refractivity contribution is 5.93. The predicted molar refractivity (Wildman–Crippen MR) is 93.9 cm³/mol. The van der Waals surface area contributed by atoms with Gasteiger partial charge in [0.15, 0.2) is 0 Å². The highest BCUT2D eigenvalue weighted by atomic mass is 16.1. The molecule has 0 aliphatic heterocycles. The Morgan fingerprint density at radius 3 is 2.75 bits per heavy atom. The fraction of sp³-hybridized carbons (Fsp3) is 0.105. The molecule has 4 aromatic rings. The molecule has 2 aromatic carbocycles. The standard InChI is InChI=1S/C19H16N4O/c24-19(18-12-22-16-7-3-4-8-17(16)23-18)20-10-9-13-11-21-15-6-2-1-5-14(13)15/h1-8,11-12,21H,9-10H2,(H,20,24). The lowest BCUT2D eigenvalue weighted by Crippen LogP contribution is -2.26. The Bertz CT molecular complexity index is 1020. The van der Waals surface area contributed by atoms with Crippen LogP contribution in [0.1, 0.15) is 16.1 Å². The first-order chi connectivity index (χ1) is 11.8. The molecule has 0 aliphatic rings. The number of benzene rings is 2. The highest BCUT2D eigenvalue weighted by Gasteiger charge is 2.09. The maximum atomic E-state index is 12.3. The number of carbonyl (C=O) groups is 1. The lowest BCUT2D eigenvalue weighted by molar-refractivity contribution is 0.0949. The largest absolute Gasteiger partial charge is 0.361 e. The first kappa shape index (κ1) is 14.4. The van der Waals surface area contributed by atoms with Crippen molar-refractivity contribution in [3.63, 3.8) is 0 Å². The van der Waals surface area contributed by atoms with Crippen molar-refractivity contribution in [2.75, 3.05) is 6.54 Å². The van der Waals surface area contributed by atoms with E-state index in [0.29, 0.717) is 12.2 Å². The number of aromatic nitrogens is 3. The Morgan fingerprint density at radius 2 is 1.83 bits per heavy atom. The zero-order chi connectivity index (χ0) is 16.4.